The van der Waals surface area contributed by atoms with Gasteiger partial charge in [-0.3, -0.25) is 4.79 Å². The maximum Gasteiger partial charge on any atom is 0.153 e. The molecule has 0 atom stereocenters. The van der Waals surface area contributed by atoms with E-state index in [1.807, 2.05) is 12.1 Å². The number of hydrogen-bond donors (Lipinski definition) is 0. The molecule has 0 unspecified atom stereocenters. The highest BCUT2D eigenvalue weighted by Crippen LogP contribution is 2.27. The standard InChI is InChI=1S/C17H22O2Si/c1-4-20(5-2,6-3)17-10-8-7-9-15(17)16-11-14(12-18)13-19-16/h7-13H,4-6H2,1-3H3. The lowest BCUT2D eigenvalue weighted by Crippen LogP contribution is -2.46. The van der Waals surface area contributed by atoms with Crippen molar-refractivity contribution in [3.8, 4) is 11.3 Å². The topological polar surface area (TPSA) is 30.2 Å². The Kier molecular flexibility index (Phi) is 4.60. The van der Waals surface area contributed by atoms with Gasteiger partial charge in [0.25, 0.3) is 0 Å². The Morgan fingerprint density at radius 3 is 2.30 bits per heavy atom. The first-order valence-corrected chi connectivity index (χ1v) is 9.96. The number of hydrogen-bond acceptors (Lipinski definition) is 2. The van der Waals surface area contributed by atoms with E-state index in [1.54, 1.807) is 0 Å². The first-order valence-electron chi connectivity index (χ1n) is 7.34. The highest BCUT2D eigenvalue weighted by molar-refractivity contribution is 6.92. The van der Waals surface area contributed by atoms with E-state index in [9.17, 15) is 4.79 Å². The van der Waals surface area contributed by atoms with Crippen LogP contribution in [0.5, 0.6) is 0 Å². The minimum absolute atomic E-state index is 0.603. The van der Waals surface area contributed by atoms with E-state index in [0.717, 1.165) is 17.6 Å². The third-order valence-corrected chi connectivity index (χ3v) is 10.2. The van der Waals surface area contributed by atoms with Crippen molar-refractivity contribution in [3.63, 3.8) is 0 Å². The summed E-state index contributed by atoms with van der Waals surface area (Å²) in [6.07, 6.45) is 2.37. The minimum Gasteiger partial charge on any atom is -0.464 e. The maximum atomic E-state index is 10.9. The predicted octanol–water partition coefficient (Wildman–Crippen LogP) is 4.47. The van der Waals surface area contributed by atoms with Gasteiger partial charge in [-0.05, 0) is 11.3 Å². The summed E-state index contributed by atoms with van der Waals surface area (Å²) in [5, 5.41) is 1.46. The highest BCUT2D eigenvalue weighted by atomic mass is 28.3. The Balaban J connectivity index is 2.58. The second kappa shape index (κ2) is 6.22. The molecule has 0 bridgehead atoms. The van der Waals surface area contributed by atoms with Crippen molar-refractivity contribution >= 4 is 19.5 Å². The average Bonchev–Trinajstić information content (AvgIpc) is 2.99. The summed E-state index contributed by atoms with van der Waals surface area (Å²) in [4.78, 5) is 10.9. The van der Waals surface area contributed by atoms with Gasteiger partial charge < -0.3 is 4.42 Å². The molecule has 1 aromatic heterocycles. The van der Waals surface area contributed by atoms with Crippen LogP contribution in [0, 0.1) is 0 Å². The average molecular weight is 286 g/mol. The van der Waals surface area contributed by atoms with Crippen molar-refractivity contribution in [2.75, 3.05) is 0 Å². The summed E-state index contributed by atoms with van der Waals surface area (Å²) in [5.74, 6) is 0.815. The molecule has 0 N–H and O–H groups in total. The van der Waals surface area contributed by atoms with Crippen molar-refractivity contribution in [2.45, 2.75) is 38.9 Å². The molecule has 1 aromatic carbocycles. The summed E-state index contributed by atoms with van der Waals surface area (Å²) < 4.78 is 5.60. The fourth-order valence-corrected chi connectivity index (χ4v) is 6.91. The zero-order valence-electron chi connectivity index (χ0n) is 12.5. The van der Waals surface area contributed by atoms with Gasteiger partial charge in [-0.1, -0.05) is 63.2 Å². The van der Waals surface area contributed by atoms with E-state index < -0.39 is 8.07 Å². The van der Waals surface area contributed by atoms with Crippen LogP contribution in [0.25, 0.3) is 11.3 Å². The quantitative estimate of drug-likeness (QED) is 0.579. The minimum atomic E-state index is -1.47. The number of furan rings is 1. The van der Waals surface area contributed by atoms with Crippen molar-refractivity contribution in [1.29, 1.82) is 0 Å². The van der Waals surface area contributed by atoms with Crippen LogP contribution >= 0.6 is 0 Å². The molecule has 0 aliphatic rings. The Labute approximate surface area is 121 Å². The molecule has 0 aliphatic heterocycles. The largest absolute Gasteiger partial charge is 0.464 e. The van der Waals surface area contributed by atoms with Crippen LogP contribution in [-0.4, -0.2) is 14.4 Å². The zero-order chi connectivity index (χ0) is 14.6. The smallest absolute Gasteiger partial charge is 0.153 e. The van der Waals surface area contributed by atoms with Crippen LogP contribution in [0.1, 0.15) is 31.1 Å². The molecule has 2 rings (SSSR count). The molecule has 1 heterocycles. The van der Waals surface area contributed by atoms with Gasteiger partial charge in [0.1, 0.15) is 12.0 Å². The van der Waals surface area contributed by atoms with Crippen LogP contribution in [0.15, 0.2) is 41.0 Å². The predicted molar refractivity (Wildman–Crippen MR) is 86.4 cm³/mol. The van der Waals surface area contributed by atoms with Crippen molar-refractivity contribution in [3.05, 3.63) is 42.2 Å². The highest BCUT2D eigenvalue weighted by Gasteiger charge is 2.31. The van der Waals surface area contributed by atoms with Crippen LogP contribution in [0.4, 0.5) is 0 Å². The van der Waals surface area contributed by atoms with Gasteiger partial charge in [-0.15, -0.1) is 0 Å². The molecule has 20 heavy (non-hydrogen) atoms. The Morgan fingerprint density at radius 1 is 1.10 bits per heavy atom. The molecule has 2 nitrogen and oxygen atoms in total. The van der Waals surface area contributed by atoms with Gasteiger partial charge in [0.2, 0.25) is 0 Å². The lowest BCUT2D eigenvalue weighted by molar-refractivity contribution is 0.112. The van der Waals surface area contributed by atoms with Crippen molar-refractivity contribution in [2.24, 2.45) is 0 Å². The summed E-state index contributed by atoms with van der Waals surface area (Å²) >= 11 is 0. The summed E-state index contributed by atoms with van der Waals surface area (Å²) in [6.45, 7) is 6.90. The molecule has 2 aromatic rings. The SMILES string of the molecule is CC[Si](CC)(CC)c1ccccc1-c1cc(C=O)co1. The lowest BCUT2D eigenvalue weighted by atomic mass is 10.1. The second-order valence-corrected chi connectivity index (χ2v) is 10.5. The van der Waals surface area contributed by atoms with E-state index in [1.165, 1.54) is 29.6 Å². The van der Waals surface area contributed by atoms with Gasteiger partial charge in [-0.2, -0.15) is 0 Å². The van der Waals surface area contributed by atoms with Crippen LogP contribution in [0.2, 0.25) is 18.1 Å². The van der Waals surface area contributed by atoms with Crippen LogP contribution in [0.3, 0.4) is 0 Å². The van der Waals surface area contributed by atoms with Gasteiger partial charge in [-0.25, -0.2) is 0 Å². The van der Waals surface area contributed by atoms with Gasteiger partial charge >= 0.3 is 0 Å². The molecular formula is C17H22O2Si. The van der Waals surface area contributed by atoms with Crippen LogP contribution in [-0.2, 0) is 0 Å². The third kappa shape index (κ3) is 2.50. The summed E-state index contributed by atoms with van der Waals surface area (Å²) in [5.41, 5.74) is 1.77. The number of carbonyl (C=O) groups is 1. The second-order valence-electron chi connectivity index (χ2n) is 5.25. The maximum absolute atomic E-state index is 10.9. The molecule has 0 spiro atoms. The first-order chi connectivity index (χ1) is 9.70. The Morgan fingerprint density at radius 2 is 1.75 bits per heavy atom. The fourth-order valence-electron chi connectivity index (χ4n) is 3.04. The molecule has 0 amide bonds. The number of aldehydes is 1. The van der Waals surface area contributed by atoms with Gasteiger partial charge in [0.15, 0.2) is 6.29 Å². The molecule has 106 valence electrons. The molecular weight excluding hydrogens is 264 g/mol. The monoisotopic (exact) mass is 286 g/mol. The van der Waals surface area contributed by atoms with Crippen molar-refractivity contribution < 1.29 is 9.21 Å². The molecule has 0 fully saturated rings. The lowest BCUT2D eigenvalue weighted by Gasteiger charge is -2.30. The van der Waals surface area contributed by atoms with E-state index in [-0.39, 0.29) is 0 Å². The molecule has 0 aliphatic carbocycles. The number of rotatable bonds is 6. The van der Waals surface area contributed by atoms with Crippen molar-refractivity contribution in [1.82, 2.24) is 0 Å². The van der Waals surface area contributed by atoms with Gasteiger partial charge in [0, 0.05) is 5.56 Å². The normalized spacial score (nSPS) is 11.6. The number of carbonyl (C=O) groups excluding carboxylic acids is 1. The van der Waals surface area contributed by atoms with E-state index in [0.29, 0.717) is 5.56 Å². The molecule has 0 saturated carbocycles. The Hall–Kier alpha value is -1.61. The summed E-state index contributed by atoms with van der Waals surface area (Å²) in [6, 6.07) is 14.1. The fraction of sp³-hybridized carbons (Fsp3) is 0.353. The van der Waals surface area contributed by atoms with E-state index >= 15 is 0 Å². The molecule has 0 radical (unpaired) electrons. The Bertz CT molecular complexity index is 574. The van der Waals surface area contributed by atoms with E-state index in [4.69, 9.17) is 4.42 Å². The zero-order valence-corrected chi connectivity index (χ0v) is 13.5. The number of benzene rings is 1. The third-order valence-electron chi connectivity index (χ3n) is 4.55. The van der Waals surface area contributed by atoms with Crippen LogP contribution < -0.4 is 5.19 Å². The molecule has 0 saturated heterocycles. The summed E-state index contributed by atoms with van der Waals surface area (Å²) in [7, 11) is -1.47. The molecule has 3 heteroatoms. The first kappa shape index (κ1) is 14.8. The van der Waals surface area contributed by atoms with E-state index in [2.05, 4.69) is 39.0 Å². The van der Waals surface area contributed by atoms with Gasteiger partial charge in [0.05, 0.1) is 13.6 Å².